The predicted octanol–water partition coefficient (Wildman–Crippen LogP) is 6.23. The molecule has 3 nitrogen and oxygen atoms in total. The second kappa shape index (κ2) is 6.99. The number of carbonyl (C=O) groups excluding carboxylic acids is 1. The van der Waals surface area contributed by atoms with Gasteiger partial charge < -0.3 is 9.15 Å². The number of fused-ring (bicyclic) bond motifs is 1. The summed E-state index contributed by atoms with van der Waals surface area (Å²) < 4.78 is 11.5. The molecule has 0 atom stereocenters. The van der Waals surface area contributed by atoms with Crippen molar-refractivity contribution in [3.63, 3.8) is 0 Å². The van der Waals surface area contributed by atoms with Gasteiger partial charge >= 0.3 is 0 Å². The van der Waals surface area contributed by atoms with Crippen LogP contribution in [0.15, 0.2) is 40.8 Å². The standard InChI is InChI=1S/C23H26O3/c1-13(2)18-11-16(12-19(14(3)4)23(18)25-6)22(24)21-15(5)26-20-10-8-7-9-17(20)21/h7-14H,1-6H3. The first-order valence-corrected chi connectivity index (χ1v) is 9.09. The molecule has 3 rings (SSSR count). The molecule has 1 heterocycles. The van der Waals surface area contributed by atoms with Crippen molar-refractivity contribution in [2.24, 2.45) is 0 Å². The summed E-state index contributed by atoms with van der Waals surface area (Å²) in [5.41, 5.74) is 4.21. The zero-order chi connectivity index (χ0) is 19.0. The van der Waals surface area contributed by atoms with Crippen LogP contribution in [0.25, 0.3) is 11.0 Å². The van der Waals surface area contributed by atoms with Crippen molar-refractivity contribution in [2.75, 3.05) is 7.11 Å². The average molecular weight is 350 g/mol. The maximum atomic E-state index is 13.4. The van der Waals surface area contributed by atoms with Gasteiger partial charge in [0, 0.05) is 10.9 Å². The quantitative estimate of drug-likeness (QED) is 0.512. The molecule has 3 aromatic rings. The van der Waals surface area contributed by atoms with Gasteiger partial charge in [-0.15, -0.1) is 0 Å². The Hall–Kier alpha value is -2.55. The highest BCUT2D eigenvalue weighted by Crippen LogP contribution is 2.37. The van der Waals surface area contributed by atoms with Crippen molar-refractivity contribution in [3.8, 4) is 5.75 Å². The summed E-state index contributed by atoms with van der Waals surface area (Å²) in [6.45, 7) is 10.3. The van der Waals surface area contributed by atoms with E-state index in [1.54, 1.807) is 7.11 Å². The maximum Gasteiger partial charge on any atom is 0.197 e. The first-order valence-electron chi connectivity index (χ1n) is 9.09. The minimum atomic E-state index is -0.00102. The summed E-state index contributed by atoms with van der Waals surface area (Å²) in [4.78, 5) is 13.4. The monoisotopic (exact) mass is 350 g/mol. The van der Waals surface area contributed by atoms with Crippen LogP contribution in [0, 0.1) is 6.92 Å². The molecular formula is C23H26O3. The molecule has 0 amide bonds. The van der Waals surface area contributed by atoms with E-state index in [2.05, 4.69) is 27.7 Å². The molecule has 136 valence electrons. The van der Waals surface area contributed by atoms with E-state index in [-0.39, 0.29) is 17.6 Å². The third-order valence-corrected chi connectivity index (χ3v) is 4.86. The summed E-state index contributed by atoms with van der Waals surface area (Å²) in [6.07, 6.45) is 0. The molecule has 0 radical (unpaired) electrons. The Kier molecular flexibility index (Phi) is 4.90. The number of hydrogen-bond donors (Lipinski definition) is 0. The minimum Gasteiger partial charge on any atom is -0.496 e. The second-order valence-corrected chi connectivity index (χ2v) is 7.36. The first kappa shape index (κ1) is 18.2. The molecule has 0 N–H and O–H groups in total. The second-order valence-electron chi connectivity index (χ2n) is 7.36. The van der Waals surface area contributed by atoms with E-state index in [1.165, 1.54) is 0 Å². The van der Waals surface area contributed by atoms with Crippen molar-refractivity contribution in [1.29, 1.82) is 0 Å². The molecule has 3 heteroatoms. The molecular weight excluding hydrogens is 324 g/mol. The summed E-state index contributed by atoms with van der Waals surface area (Å²) in [7, 11) is 1.70. The third-order valence-electron chi connectivity index (χ3n) is 4.86. The Bertz CT molecular complexity index is 932. The Balaban J connectivity index is 2.22. The van der Waals surface area contributed by atoms with Gasteiger partial charge in [0.25, 0.3) is 0 Å². The van der Waals surface area contributed by atoms with Crippen LogP contribution in [-0.2, 0) is 0 Å². The number of furan rings is 1. The number of ether oxygens (including phenoxy) is 1. The zero-order valence-corrected chi connectivity index (χ0v) is 16.3. The molecule has 0 fully saturated rings. The number of carbonyl (C=O) groups is 1. The van der Waals surface area contributed by atoms with Gasteiger partial charge in [0.2, 0.25) is 0 Å². The molecule has 0 unspecified atom stereocenters. The number of methoxy groups -OCH3 is 1. The highest BCUT2D eigenvalue weighted by Gasteiger charge is 2.23. The number of rotatable bonds is 5. The van der Waals surface area contributed by atoms with Crippen LogP contribution in [-0.4, -0.2) is 12.9 Å². The Morgan fingerprint density at radius 3 is 2.12 bits per heavy atom. The van der Waals surface area contributed by atoms with E-state index in [4.69, 9.17) is 9.15 Å². The minimum absolute atomic E-state index is 0.00102. The van der Waals surface area contributed by atoms with Crippen LogP contribution in [0.3, 0.4) is 0 Å². The zero-order valence-electron chi connectivity index (χ0n) is 16.3. The molecule has 0 aliphatic rings. The van der Waals surface area contributed by atoms with Crippen molar-refractivity contribution in [3.05, 3.63) is 64.4 Å². The lowest BCUT2D eigenvalue weighted by atomic mass is 9.89. The number of aryl methyl sites for hydroxylation is 1. The van der Waals surface area contributed by atoms with Crippen molar-refractivity contribution in [1.82, 2.24) is 0 Å². The van der Waals surface area contributed by atoms with Crippen LogP contribution in [0.2, 0.25) is 0 Å². The van der Waals surface area contributed by atoms with Gasteiger partial charge in [-0.2, -0.15) is 0 Å². The van der Waals surface area contributed by atoms with Crippen molar-refractivity contribution < 1.29 is 13.9 Å². The van der Waals surface area contributed by atoms with Crippen molar-refractivity contribution >= 4 is 16.8 Å². The number of para-hydroxylation sites is 1. The molecule has 0 spiro atoms. The van der Waals surface area contributed by atoms with Crippen LogP contribution >= 0.6 is 0 Å². The fraction of sp³-hybridized carbons (Fsp3) is 0.348. The first-order chi connectivity index (χ1) is 12.3. The SMILES string of the molecule is COc1c(C(C)C)cc(C(=O)c2c(C)oc3ccccc23)cc1C(C)C. The van der Waals surface area contributed by atoms with Crippen LogP contribution < -0.4 is 4.74 Å². The van der Waals surface area contributed by atoms with Gasteiger partial charge in [0.05, 0.1) is 12.7 Å². The van der Waals surface area contributed by atoms with Gasteiger partial charge in [0.1, 0.15) is 17.1 Å². The van der Waals surface area contributed by atoms with Gasteiger partial charge in [-0.3, -0.25) is 4.79 Å². The maximum absolute atomic E-state index is 13.4. The van der Waals surface area contributed by atoms with Crippen molar-refractivity contribution in [2.45, 2.75) is 46.5 Å². The molecule has 0 bridgehead atoms. The lowest BCUT2D eigenvalue weighted by Crippen LogP contribution is -2.08. The highest BCUT2D eigenvalue weighted by atomic mass is 16.5. The lowest BCUT2D eigenvalue weighted by molar-refractivity contribution is 0.103. The van der Waals surface area contributed by atoms with Gasteiger partial charge in [0.15, 0.2) is 5.78 Å². The van der Waals surface area contributed by atoms with E-state index < -0.39 is 0 Å². The molecule has 0 saturated heterocycles. The van der Waals surface area contributed by atoms with E-state index in [1.807, 2.05) is 43.3 Å². The van der Waals surface area contributed by atoms with Gasteiger partial charge in [-0.1, -0.05) is 45.9 Å². The molecule has 1 aromatic heterocycles. The Morgan fingerprint density at radius 1 is 1.00 bits per heavy atom. The smallest absolute Gasteiger partial charge is 0.197 e. The van der Waals surface area contributed by atoms with E-state index >= 15 is 0 Å². The topological polar surface area (TPSA) is 39.4 Å². The molecule has 0 aliphatic heterocycles. The van der Waals surface area contributed by atoms with Crippen LogP contribution in [0.5, 0.6) is 5.75 Å². The summed E-state index contributed by atoms with van der Waals surface area (Å²) in [5, 5.41) is 0.864. The highest BCUT2D eigenvalue weighted by molar-refractivity contribution is 6.17. The molecule has 26 heavy (non-hydrogen) atoms. The lowest BCUT2D eigenvalue weighted by Gasteiger charge is -2.20. The summed E-state index contributed by atoms with van der Waals surface area (Å²) in [5.74, 6) is 2.07. The fourth-order valence-electron chi connectivity index (χ4n) is 3.49. The largest absolute Gasteiger partial charge is 0.496 e. The molecule has 0 aliphatic carbocycles. The molecule has 0 saturated carbocycles. The Labute approximate surface area is 155 Å². The number of hydrogen-bond acceptors (Lipinski definition) is 3. The van der Waals surface area contributed by atoms with Gasteiger partial charge in [-0.25, -0.2) is 0 Å². The summed E-state index contributed by atoms with van der Waals surface area (Å²) >= 11 is 0. The normalized spacial score (nSPS) is 11.5. The number of ketones is 1. The molecule has 2 aromatic carbocycles. The van der Waals surface area contributed by atoms with Gasteiger partial charge in [-0.05, 0) is 48.1 Å². The van der Waals surface area contributed by atoms with Crippen LogP contribution in [0.1, 0.15) is 72.3 Å². The van der Waals surface area contributed by atoms with E-state index in [0.29, 0.717) is 16.9 Å². The third kappa shape index (κ3) is 3.03. The number of benzene rings is 2. The Morgan fingerprint density at radius 2 is 1.58 bits per heavy atom. The summed E-state index contributed by atoms with van der Waals surface area (Å²) in [6, 6.07) is 11.6. The average Bonchev–Trinajstić information content (AvgIpc) is 2.95. The predicted molar refractivity (Wildman–Crippen MR) is 106 cm³/mol. The van der Waals surface area contributed by atoms with Crippen LogP contribution in [0.4, 0.5) is 0 Å². The van der Waals surface area contributed by atoms with E-state index in [0.717, 1.165) is 27.8 Å². The fourth-order valence-corrected chi connectivity index (χ4v) is 3.49. The van der Waals surface area contributed by atoms with E-state index in [9.17, 15) is 4.79 Å².